The number of fused-ring (bicyclic) bond motifs is 1. The second kappa shape index (κ2) is 5.16. The van der Waals surface area contributed by atoms with Crippen LogP contribution in [0, 0.1) is 0 Å². The molecule has 0 spiro atoms. The summed E-state index contributed by atoms with van der Waals surface area (Å²) >= 11 is 5.94. The lowest BCUT2D eigenvalue weighted by molar-refractivity contribution is 0.112. The number of nitrogens with zero attached hydrogens (tertiary/aromatic N) is 1. The first-order chi connectivity index (χ1) is 10.0. The van der Waals surface area contributed by atoms with Gasteiger partial charge < -0.3 is 0 Å². The Bertz CT molecular complexity index is 817. The zero-order chi connectivity index (χ0) is 15.0. The van der Waals surface area contributed by atoms with E-state index < -0.39 is 10.0 Å². The highest BCUT2D eigenvalue weighted by atomic mass is 35.5. The summed E-state index contributed by atoms with van der Waals surface area (Å²) < 4.78 is 26.8. The molecule has 0 fully saturated rings. The average molecular weight is 322 g/mol. The summed E-state index contributed by atoms with van der Waals surface area (Å²) in [6.45, 7) is 0.378. The molecule has 1 aliphatic heterocycles. The highest BCUT2D eigenvalue weighted by Gasteiger charge is 2.30. The minimum Gasteiger partial charge on any atom is -0.298 e. The molecule has 1 aliphatic rings. The van der Waals surface area contributed by atoms with Crippen LogP contribution in [-0.2, 0) is 16.4 Å². The molecule has 1 heterocycles. The highest BCUT2D eigenvalue weighted by molar-refractivity contribution is 7.92. The fraction of sp³-hybridized carbons (Fsp3) is 0.133. The third-order valence-corrected chi connectivity index (χ3v) is 5.52. The van der Waals surface area contributed by atoms with E-state index in [0.29, 0.717) is 35.5 Å². The van der Waals surface area contributed by atoms with Gasteiger partial charge in [0.25, 0.3) is 10.0 Å². The predicted molar refractivity (Wildman–Crippen MR) is 81.5 cm³/mol. The second-order valence-electron chi connectivity index (χ2n) is 4.79. The van der Waals surface area contributed by atoms with E-state index in [2.05, 4.69) is 0 Å². The van der Waals surface area contributed by atoms with Gasteiger partial charge in [0.1, 0.15) is 6.29 Å². The number of hydrogen-bond acceptors (Lipinski definition) is 3. The Kier molecular flexibility index (Phi) is 3.47. The fourth-order valence-electron chi connectivity index (χ4n) is 2.47. The number of halogens is 1. The molecule has 6 heteroatoms. The summed E-state index contributed by atoms with van der Waals surface area (Å²) in [6.07, 6.45) is 1.26. The van der Waals surface area contributed by atoms with Crippen molar-refractivity contribution in [1.29, 1.82) is 0 Å². The van der Waals surface area contributed by atoms with E-state index >= 15 is 0 Å². The lowest BCUT2D eigenvalue weighted by Crippen LogP contribution is -2.29. The number of carbonyl (C=O) groups is 1. The molecular weight excluding hydrogens is 310 g/mol. The first kappa shape index (κ1) is 14.1. The van der Waals surface area contributed by atoms with Crippen LogP contribution in [-0.4, -0.2) is 21.2 Å². The number of carbonyl (C=O) groups excluding carboxylic acids is 1. The third kappa shape index (κ3) is 2.43. The molecule has 0 amide bonds. The Morgan fingerprint density at radius 2 is 1.95 bits per heavy atom. The molecule has 0 unspecified atom stereocenters. The predicted octanol–water partition coefficient (Wildman–Crippen LogP) is 2.90. The van der Waals surface area contributed by atoms with Crippen molar-refractivity contribution in [1.82, 2.24) is 0 Å². The maximum Gasteiger partial charge on any atom is 0.264 e. The van der Waals surface area contributed by atoms with Gasteiger partial charge in [0.15, 0.2) is 0 Å². The Labute approximate surface area is 128 Å². The minimum absolute atomic E-state index is 0.120. The van der Waals surface area contributed by atoms with Gasteiger partial charge >= 0.3 is 0 Å². The summed E-state index contributed by atoms with van der Waals surface area (Å²) in [4.78, 5) is 10.9. The van der Waals surface area contributed by atoms with Crippen molar-refractivity contribution in [3.05, 3.63) is 58.6 Å². The molecule has 0 saturated carbocycles. The van der Waals surface area contributed by atoms with Crippen LogP contribution >= 0.6 is 11.6 Å². The van der Waals surface area contributed by atoms with Crippen molar-refractivity contribution < 1.29 is 13.2 Å². The van der Waals surface area contributed by atoms with Gasteiger partial charge in [-0.15, -0.1) is 0 Å². The van der Waals surface area contributed by atoms with Crippen molar-refractivity contribution in [2.24, 2.45) is 0 Å². The number of sulfonamides is 1. The third-order valence-electron chi connectivity index (χ3n) is 3.48. The van der Waals surface area contributed by atoms with Gasteiger partial charge in [-0.1, -0.05) is 23.7 Å². The molecule has 21 heavy (non-hydrogen) atoms. The van der Waals surface area contributed by atoms with E-state index in [0.717, 1.165) is 5.56 Å². The van der Waals surface area contributed by atoms with Gasteiger partial charge in [-0.2, -0.15) is 0 Å². The summed E-state index contributed by atoms with van der Waals surface area (Å²) in [5, 5.41) is 0.593. The van der Waals surface area contributed by atoms with Crippen molar-refractivity contribution >= 4 is 33.6 Å². The Balaban J connectivity index is 2.06. The summed E-state index contributed by atoms with van der Waals surface area (Å²) in [5.74, 6) is 0. The van der Waals surface area contributed by atoms with Crippen LogP contribution in [0.2, 0.25) is 5.02 Å². The molecule has 0 atom stereocenters. The molecule has 0 saturated heterocycles. The van der Waals surface area contributed by atoms with Crippen molar-refractivity contribution in [3.63, 3.8) is 0 Å². The van der Waals surface area contributed by atoms with Crippen LogP contribution in [0.3, 0.4) is 0 Å². The highest BCUT2D eigenvalue weighted by Crippen LogP contribution is 2.34. The van der Waals surface area contributed by atoms with Crippen LogP contribution in [0.25, 0.3) is 0 Å². The van der Waals surface area contributed by atoms with Gasteiger partial charge in [-0.05, 0) is 42.3 Å². The van der Waals surface area contributed by atoms with E-state index in [1.54, 1.807) is 30.3 Å². The minimum atomic E-state index is -3.67. The molecule has 0 aliphatic carbocycles. The van der Waals surface area contributed by atoms with E-state index in [1.807, 2.05) is 0 Å². The molecule has 2 aromatic rings. The summed E-state index contributed by atoms with van der Waals surface area (Å²) in [6, 6.07) is 11.2. The number of rotatable bonds is 3. The largest absolute Gasteiger partial charge is 0.298 e. The van der Waals surface area contributed by atoms with Crippen molar-refractivity contribution in [2.75, 3.05) is 10.8 Å². The molecular formula is C15H12ClNO3S. The standard InChI is InChI=1S/C15H12ClNO3S/c16-13-4-5-15-12(9-13)6-7-17(15)21(19,20)14-3-1-2-11(8-14)10-18/h1-5,8-10H,6-7H2. The van der Waals surface area contributed by atoms with Crippen LogP contribution in [0.15, 0.2) is 47.4 Å². The Morgan fingerprint density at radius 3 is 2.71 bits per heavy atom. The lowest BCUT2D eigenvalue weighted by atomic mass is 10.2. The van der Waals surface area contributed by atoms with E-state index in [9.17, 15) is 13.2 Å². The lowest BCUT2D eigenvalue weighted by Gasteiger charge is -2.19. The monoisotopic (exact) mass is 321 g/mol. The maximum absolute atomic E-state index is 12.7. The van der Waals surface area contributed by atoms with E-state index in [-0.39, 0.29) is 4.90 Å². The molecule has 4 nitrogen and oxygen atoms in total. The first-order valence-corrected chi connectivity index (χ1v) is 8.20. The Hall–Kier alpha value is -1.85. The zero-order valence-electron chi connectivity index (χ0n) is 11.0. The van der Waals surface area contributed by atoms with Gasteiger partial charge in [0.05, 0.1) is 10.6 Å². The molecule has 0 aromatic heterocycles. The Morgan fingerprint density at radius 1 is 1.14 bits per heavy atom. The first-order valence-electron chi connectivity index (χ1n) is 6.39. The SMILES string of the molecule is O=Cc1cccc(S(=O)(=O)N2CCc3cc(Cl)ccc32)c1. The smallest absolute Gasteiger partial charge is 0.264 e. The number of aldehydes is 1. The van der Waals surface area contributed by atoms with Crippen LogP contribution in [0.4, 0.5) is 5.69 Å². The number of benzene rings is 2. The normalized spacial score (nSPS) is 14.0. The topological polar surface area (TPSA) is 54.5 Å². The summed E-state index contributed by atoms with van der Waals surface area (Å²) in [7, 11) is -3.67. The molecule has 108 valence electrons. The molecule has 0 N–H and O–H groups in total. The number of anilines is 1. The van der Waals surface area contributed by atoms with Crippen molar-refractivity contribution in [2.45, 2.75) is 11.3 Å². The molecule has 0 bridgehead atoms. The van der Waals surface area contributed by atoms with Gasteiger partial charge in [-0.3, -0.25) is 9.10 Å². The van der Waals surface area contributed by atoms with E-state index in [4.69, 9.17) is 11.6 Å². The van der Waals surface area contributed by atoms with Crippen LogP contribution in [0.1, 0.15) is 15.9 Å². The fourth-order valence-corrected chi connectivity index (χ4v) is 4.22. The van der Waals surface area contributed by atoms with E-state index in [1.165, 1.54) is 16.4 Å². The second-order valence-corrected chi connectivity index (χ2v) is 7.09. The molecule has 3 rings (SSSR count). The van der Waals surface area contributed by atoms with Gasteiger partial charge in [0, 0.05) is 17.1 Å². The summed E-state index contributed by atoms with van der Waals surface area (Å²) in [5.41, 5.74) is 1.90. The van der Waals surface area contributed by atoms with Crippen LogP contribution < -0.4 is 4.31 Å². The molecule has 0 radical (unpaired) electrons. The quantitative estimate of drug-likeness (QED) is 0.817. The average Bonchev–Trinajstić information content (AvgIpc) is 2.91. The van der Waals surface area contributed by atoms with Crippen LogP contribution in [0.5, 0.6) is 0 Å². The maximum atomic E-state index is 12.7. The zero-order valence-corrected chi connectivity index (χ0v) is 12.6. The number of hydrogen-bond donors (Lipinski definition) is 0. The van der Waals surface area contributed by atoms with Gasteiger partial charge in [0.2, 0.25) is 0 Å². The molecule has 2 aromatic carbocycles. The van der Waals surface area contributed by atoms with Gasteiger partial charge in [-0.25, -0.2) is 8.42 Å². The van der Waals surface area contributed by atoms with Crippen molar-refractivity contribution in [3.8, 4) is 0 Å².